The first-order valence-corrected chi connectivity index (χ1v) is 22.6. The van der Waals surface area contributed by atoms with Crippen molar-refractivity contribution < 1.29 is 4.42 Å². The fraction of sp³-hybridized carbons (Fsp3) is 0.167. The van der Waals surface area contributed by atoms with Crippen molar-refractivity contribution in [2.75, 3.05) is 22.9 Å². The normalized spacial score (nSPS) is 14.8. The molecule has 9 aromatic carbocycles. The minimum atomic E-state index is -0.176. The quantitative estimate of drug-likeness (QED) is 0.161. The number of hydrogen-bond donors (Lipinski definition) is 0. The second kappa shape index (κ2) is 13.7. The largest absolute Gasteiger partial charge is 0.455 e. The van der Waals surface area contributed by atoms with Gasteiger partial charge < -0.3 is 14.2 Å². The molecular formula is C60H50N2O. The van der Waals surface area contributed by atoms with E-state index < -0.39 is 0 Å². The zero-order valence-electron chi connectivity index (χ0n) is 36.9. The van der Waals surface area contributed by atoms with Gasteiger partial charge in [-0.05, 0) is 93.0 Å². The summed E-state index contributed by atoms with van der Waals surface area (Å²) < 4.78 is 6.87. The third-order valence-corrected chi connectivity index (χ3v) is 14.6. The summed E-state index contributed by atoms with van der Waals surface area (Å²) in [5.74, 6) is 0. The van der Waals surface area contributed by atoms with Crippen LogP contribution in [0.4, 0.5) is 22.7 Å². The molecule has 0 fully saturated rings. The molecule has 0 aliphatic carbocycles. The van der Waals surface area contributed by atoms with Crippen molar-refractivity contribution >= 4 is 66.2 Å². The first-order chi connectivity index (χ1) is 30.7. The number of rotatable bonds is 5. The molecule has 3 nitrogen and oxygen atoms in total. The number of para-hydroxylation sites is 6. The molecule has 0 amide bonds. The lowest BCUT2D eigenvalue weighted by atomic mass is 9.72. The zero-order valence-corrected chi connectivity index (χ0v) is 36.9. The molecule has 10 aromatic rings. The number of furan rings is 1. The van der Waals surface area contributed by atoms with Crippen molar-refractivity contribution in [2.45, 2.75) is 52.4 Å². The van der Waals surface area contributed by atoms with Crippen molar-refractivity contribution in [3.8, 4) is 33.4 Å². The van der Waals surface area contributed by atoms with Gasteiger partial charge >= 0.3 is 0 Å². The molecule has 0 atom stereocenters. The number of benzene rings is 9. The number of fused-ring (bicyclic) bond motifs is 9. The molecule has 0 N–H and O–H groups in total. The third-order valence-electron chi connectivity index (χ3n) is 14.6. The van der Waals surface area contributed by atoms with E-state index in [1.54, 1.807) is 0 Å². The molecule has 1 aromatic heterocycles. The fourth-order valence-corrected chi connectivity index (χ4v) is 11.6. The van der Waals surface area contributed by atoms with Gasteiger partial charge in [-0.15, -0.1) is 0 Å². The van der Waals surface area contributed by atoms with Gasteiger partial charge in [0, 0.05) is 68.3 Å². The molecule has 306 valence electrons. The Labute approximate surface area is 369 Å². The number of nitrogens with zero attached hydrogens (tertiary/aromatic N) is 2. The molecular weight excluding hydrogens is 765 g/mol. The maximum atomic E-state index is 6.87. The van der Waals surface area contributed by atoms with Crippen molar-refractivity contribution in [2.24, 2.45) is 0 Å². The fourth-order valence-electron chi connectivity index (χ4n) is 11.6. The van der Waals surface area contributed by atoms with Crippen LogP contribution in [0.5, 0.6) is 0 Å². The predicted octanol–water partition coefficient (Wildman–Crippen LogP) is 16.5. The predicted molar refractivity (Wildman–Crippen MR) is 268 cm³/mol. The van der Waals surface area contributed by atoms with Gasteiger partial charge in [0.1, 0.15) is 11.2 Å². The molecule has 3 heterocycles. The summed E-state index contributed by atoms with van der Waals surface area (Å²) in [4.78, 5) is 5.09. The molecule has 63 heavy (non-hydrogen) atoms. The monoisotopic (exact) mass is 814 g/mol. The highest BCUT2D eigenvalue weighted by Gasteiger charge is 2.39. The van der Waals surface area contributed by atoms with Gasteiger partial charge in [-0.2, -0.15) is 0 Å². The summed E-state index contributed by atoms with van der Waals surface area (Å²) in [6.45, 7) is 15.8. The van der Waals surface area contributed by atoms with E-state index in [0.29, 0.717) is 0 Å². The molecule has 0 saturated carbocycles. The highest BCUT2D eigenvalue weighted by molar-refractivity contribution is 6.23. The highest BCUT2D eigenvalue weighted by Crippen LogP contribution is 2.56. The van der Waals surface area contributed by atoms with E-state index in [1.165, 1.54) is 94.4 Å². The summed E-state index contributed by atoms with van der Waals surface area (Å²) >= 11 is 0. The van der Waals surface area contributed by atoms with Gasteiger partial charge in [-0.25, -0.2) is 0 Å². The van der Waals surface area contributed by atoms with Crippen LogP contribution in [-0.2, 0) is 10.8 Å². The Balaban J connectivity index is 1.21. The minimum Gasteiger partial charge on any atom is -0.455 e. The molecule has 0 saturated heterocycles. The van der Waals surface area contributed by atoms with Crippen LogP contribution in [-0.4, -0.2) is 13.1 Å². The van der Waals surface area contributed by atoms with Gasteiger partial charge in [0.05, 0.1) is 11.4 Å². The lowest BCUT2D eigenvalue weighted by Crippen LogP contribution is -2.33. The first kappa shape index (κ1) is 37.6. The second-order valence-corrected chi connectivity index (χ2v) is 18.5. The maximum Gasteiger partial charge on any atom is 0.143 e. The lowest BCUT2D eigenvalue weighted by Gasteiger charge is -2.43. The van der Waals surface area contributed by atoms with E-state index >= 15 is 0 Å². The standard InChI is InChI=1S/C60H50N2O/c1-7-61-52-33-12-10-29-48(52)59(3,4)50-31-18-25-42(56(50)61)37-21-15-23-40-46(37)36-47-38(43-26-19-32-51-57(43)62(8-2)53-34-13-11-30-49(53)60(51,5)6)22-16-24-41(47)55(40)45-28-17-27-44-39-20-9-14-35-54(39)63-58(44)45/h9-36H,7-8H2,1-6H3. The average Bonchev–Trinajstić information content (AvgIpc) is 3.70. The molecule has 0 spiro atoms. The van der Waals surface area contributed by atoms with Crippen LogP contribution >= 0.6 is 0 Å². The summed E-state index contributed by atoms with van der Waals surface area (Å²) in [5.41, 5.74) is 19.3. The van der Waals surface area contributed by atoms with E-state index in [1.807, 2.05) is 0 Å². The molecule has 2 aliphatic rings. The number of hydrogen-bond acceptors (Lipinski definition) is 3. The van der Waals surface area contributed by atoms with E-state index in [-0.39, 0.29) is 10.8 Å². The van der Waals surface area contributed by atoms with E-state index in [9.17, 15) is 0 Å². The van der Waals surface area contributed by atoms with Crippen molar-refractivity contribution in [1.82, 2.24) is 0 Å². The highest BCUT2D eigenvalue weighted by atomic mass is 16.3. The Morgan fingerprint density at radius 2 is 0.794 bits per heavy atom. The zero-order chi connectivity index (χ0) is 42.8. The van der Waals surface area contributed by atoms with Gasteiger partial charge in [0.15, 0.2) is 0 Å². The van der Waals surface area contributed by atoms with Crippen LogP contribution in [0, 0.1) is 0 Å². The van der Waals surface area contributed by atoms with Gasteiger partial charge in [0.25, 0.3) is 0 Å². The van der Waals surface area contributed by atoms with Crippen molar-refractivity contribution in [3.05, 3.63) is 192 Å². The van der Waals surface area contributed by atoms with Gasteiger partial charge in [-0.3, -0.25) is 0 Å². The van der Waals surface area contributed by atoms with E-state index in [2.05, 4.69) is 221 Å². The van der Waals surface area contributed by atoms with Crippen LogP contribution in [0.3, 0.4) is 0 Å². The lowest BCUT2D eigenvalue weighted by molar-refractivity contribution is 0.626. The number of anilines is 4. The molecule has 0 radical (unpaired) electrons. The van der Waals surface area contributed by atoms with Crippen molar-refractivity contribution in [3.63, 3.8) is 0 Å². The van der Waals surface area contributed by atoms with Crippen LogP contribution in [0.2, 0.25) is 0 Å². The average molecular weight is 815 g/mol. The molecule has 3 heteroatoms. The smallest absolute Gasteiger partial charge is 0.143 e. The van der Waals surface area contributed by atoms with Crippen LogP contribution in [0.1, 0.15) is 63.8 Å². The molecule has 0 bridgehead atoms. The van der Waals surface area contributed by atoms with Crippen LogP contribution in [0.15, 0.2) is 174 Å². The Kier molecular flexibility index (Phi) is 8.19. The Morgan fingerprint density at radius 3 is 1.33 bits per heavy atom. The van der Waals surface area contributed by atoms with Crippen LogP contribution < -0.4 is 9.80 Å². The molecule has 12 rings (SSSR count). The Hall–Kier alpha value is -7.10. The Morgan fingerprint density at radius 1 is 0.381 bits per heavy atom. The second-order valence-electron chi connectivity index (χ2n) is 18.5. The minimum absolute atomic E-state index is 0.176. The summed E-state index contributed by atoms with van der Waals surface area (Å²) in [6.07, 6.45) is 0. The topological polar surface area (TPSA) is 19.6 Å². The summed E-state index contributed by atoms with van der Waals surface area (Å²) in [6, 6.07) is 63.4. The van der Waals surface area contributed by atoms with Crippen molar-refractivity contribution in [1.29, 1.82) is 0 Å². The van der Waals surface area contributed by atoms with E-state index in [0.717, 1.165) is 40.6 Å². The van der Waals surface area contributed by atoms with Gasteiger partial charge in [0.2, 0.25) is 0 Å². The van der Waals surface area contributed by atoms with Crippen LogP contribution in [0.25, 0.3) is 76.9 Å². The maximum absolute atomic E-state index is 6.87. The summed E-state index contributed by atoms with van der Waals surface area (Å²) in [5, 5.41) is 7.14. The molecule has 2 aliphatic heterocycles. The SMILES string of the molecule is CCN1c2ccccc2C(C)(C)c2cccc(-c3cccc4c(-c5cccc6c5oc5ccccc56)c5cccc(-c6cccc7c6N(CC)c6ccccc6C7(C)C)c5cc34)c21. The Bertz CT molecular complexity index is 3340. The van der Waals surface area contributed by atoms with E-state index in [4.69, 9.17) is 4.42 Å². The summed E-state index contributed by atoms with van der Waals surface area (Å²) in [7, 11) is 0. The third kappa shape index (κ3) is 5.20. The van der Waals surface area contributed by atoms with Gasteiger partial charge in [-0.1, -0.05) is 173 Å². The first-order valence-electron chi connectivity index (χ1n) is 22.6. The molecule has 0 unspecified atom stereocenters.